The van der Waals surface area contributed by atoms with Gasteiger partial charge in [-0.25, -0.2) is 4.52 Å². The van der Waals surface area contributed by atoms with E-state index in [0.29, 0.717) is 24.8 Å². The molecule has 0 saturated heterocycles. The zero-order chi connectivity index (χ0) is 25.1. The Morgan fingerprint density at radius 2 is 1.92 bits per heavy atom. The van der Waals surface area contributed by atoms with E-state index < -0.39 is 0 Å². The van der Waals surface area contributed by atoms with Crippen molar-refractivity contribution in [1.29, 1.82) is 5.26 Å². The fraction of sp³-hybridized carbons (Fsp3) is 0.379. The van der Waals surface area contributed by atoms with Crippen molar-refractivity contribution < 1.29 is 5.11 Å². The monoisotopic (exact) mass is 481 g/mol. The predicted octanol–water partition coefficient (Wildman–Crippen LogP) is 4.84. The Morgan fingerprint density at radius 1 is 1.11 bits per heavy atom. The smallest absolute Gasteiger partial charge is 0.257 e. The number of aryl methyl sites for hydroxylation is 1. The third kappa shape index (κ3) is 4.57. The number of aliphatic hydroxyl groups is 1. The van der Waals surface area contributed by atoms with Crippen LogP contribution >= 0.6 is 0 Å². The molecule has 3 aromatic heterocycles. The van der Waals surface area contributed by atoms with Crippen molar-refractivity contribution >= 4 is 5.65 Å². The van der Waals surface area contributed by atoms with Gasteiger partial charge in [-0.3, -0.25) is 14.3 Å². The van der Waals surface area contributed by atoms with Crippen LogP contribution in [0.1, 0.15) is 73.9 Å². The third-order valence-corrected chi connectivity index (χ3v) is 7.28. The molecular weight excluding hydrogens is 450 g/mol. The molecule has 1 aliphatic carbocycles. The number of aliphatic hydroxyl groups excluding tert-OH is 1. The van der Waals surface area contributed by atoms with E-state index in [2.05, 4.69) is 23.1 Å². The number of hydrogen-bond donors (Lipinski definition) is 1. The number of nitriles is 1. The molecule has 4 aromatic rings. The van der Waals surface area contributed by atoms with E-state index >= 15 is 0 Å². The van der Waals surface area contributed by atoms with Crippen LogP contribution in [0.3, 0.4) is 0 Å². The molecule has 0 aliphatic heterocycles. The normalized spacial score (nSPS) is 17.8. The summed E-state index contributed by atoms with van der Waals surface area (Å²) in [6, 6.07) is 15.6. The van der Waals surface area contributed by atoms with Gasteiger partial charge in [-0.1, -0.05) is 37.6 Å². The van der Waals surface area contributed by atoms with Crippen molar-refractivity contribution in [2.75, 3.05) is 0 Å². The van der Waals surface area contributed by atoms with Crippen LogP contribution in [0.2, 0.25) is 0 Å². The van der Waals surface area contributed by atoms with Crippen LogP contribution in [0.25, 0.3) is 16.9 Å². The minimum absolute atomic E-state index is 0.0365. The number of pyridine rings is 1. The van der Waals surface area contributed by atoms with Gasteiger partial charge in [0.15, 0.2) is 0 Å². The summed E-state index contributed by atoms with van der Waals surface area (Å²) in [4.78, 5) is 18.7. The number of rotatable bonds is 7. The molecule has 3 heterocycles. The van der Waals surface area contributed by atoms with E-state index in [1.165, 1.54) is 0 Å². The van der Waals surface area contributed by atoms with Gasteiger partial charge in [0.2, 0.25) is 0 Å². The minimum Gasteiger partial charge on any atom is -0.393 e. The number of aromatic nitrogens is 4. The molecule has 184 valence electrons. The first-order valence-electron chi connectivity index (χ1n) is 12.8. The van der Waals surface area contributed by atoms with Gasteiger partial charge in [-0.05, 0) is 56.2 Å². The van der Waals surface area contributed by atoms with E-state index in [-0.39, 0.29) is 17.7 Å². The fourth-order valence-corrected chi connectivity index (χ4v) is 5.33. The molecule has 0 atom stereocenters. The second-order valence-electron chi connectivity index (χ2n) is 9.65. The predicted molar refractivity (Wildman–Crippen MR) is 139 cm³/mol. The highest BCUT2D eigenvalue weighted by Crippen LogP contribution is 2.30. The number of benzene rings is 1. The van der Waals surface area contributed by atoms with Crippen molar-refractivity contribution in [3.05, 3.63) is 87.6 Å². The maximum atomic E-state index is 14.0. The SMILES string of the molecule is CCCCc1c(Cc2ccc(-c3ccccc3C#N)nc2)c(=O)n([C@H]2CC[C@H](O)CC2)c2ccnn12. The van der Waals surface area contributed by atoms with Gasteiger partial charge in [0.25, 0.3) is 5.56 Å². The molecule has 1 N–H and O–H groups in total. The highest BCUT2D eigenvalue weighted by Gasteiger charge is 2.26. The summed E-state index contributed by atoms with van der Waals surface area (Å²) < 4.78 is 3.86. The highest BCUT2D eigenvalue weighted by atomic mass is 16.3. The molecule has 7 nitrogen and oxygen atoms in total. The Kier molecular flexibility index (Phi) is 6.97. The zero-order valence-electron chi connectivity index (χ0n) is 20.6. The average molecular weight is 482 g/mol. The average Bonchev–Trinajstić information content (AvgIpc) is 3.39. The van der Waals surface area contributed by atoms with Gasteiger partial charge in [-0.15, -0.1) is 0 Å². The quantitative estimate of drug-likeness (QED) is 0.407. The molecule has 0 spiro atoms. The second-order valence-corrected chi connectivity index (χ2v) is 9.65. The summed E-state index contributed by atoms with van der Waals surface area (Å²) in [6.45, 7) is 2.15. The summed E-state index contributed by atoms with van der Waals surface area (Å²) in [5, 5.41) is 24.1. The van der Waals surface area contributed by atoms with Gasteiger partial charge in [-0.2, -0.15) is 10.4 Å². The van der Waals surface area contributed by atoms with Crippen LogP contribution in [0.15, 0.2) is 59.7 Å². The van der Waals surface area contributed by atoms with Crippen LogP contribution in [0, 0.1) is 11.3 Å². The van der Waals surface area contributed by atoms with Crippen LogP contribution in [0.4, 0.5) is 0 Å². The molecule has 1 saturated carbocycles. The fourth-order valence-electron chi connectivity index (χ4n) is 5.33. The van der Waals surface area contributed by atoms with Gasteiger partial charge in [0.1, 0.15) is 5.65 Å². The topological polar surface area (TPSA) is 96.2 Å². The first-order valence-corrected chi connectivity index (χ1v) is 12.8. The summed E-state index contributed by atoms with van der Waals surface area (Å²) in [6.07, 6.45) is 9.53. The van der Waals surface area contributed by atoms with Crippen LogP contribution < -0.4 is 5.56 Å². The number of hydrogen-bond acceptors (Lipinski definition) is 5. The number of unbranched alkanes of at least 4 members (excludes halogenated alkanes) is 1. The highest BCUT2D eigenvalue weighted by molar-refractivity contribution is 5.67. The van der Waals surface area contributed by atoms with Crippen molar-refractivity contribution in [3.8, 4) is 17.3 Å². The molecule has 0 unspecified atom stereocenters. The van der Waals surface area contributed by atoms with Crippen molar-refractivity contribution in [1.82, 2.24) is 19.2 Å². The summed E-state index contributed by atoms with van der Waals surface area (Å²) >= 11 is 0. The number of nitrogens with zero attached hydrogens (tertiary/aromatic N) is 5. The molecule has 0 amide bonds. The van der Waals surface area contributed by atoms with Crippen molar-refractivity contribution in [2.45, 2.75) is 70.4 Å². The lowest BCUT2D eigenvalue weighted by Gasteiger charge is -2.29. The summed E-state index contributed by atoms with van der Waals surface area (Å²) in [5.41, 5.74) is 5.67. The Balaban J connectivity index is 1.56. The number of fused-ring (bicyclic) bond motifs is 1. The van der Waals surface area contributed by atoms with E-state index in [1.807, 2.05) is 45.5 Å². The summed E-state index contributed by atoms with van der Waals surface area (Å²) in [5.74, 6) is 0. The standard InChI is InChI=1S/C29H31N5O2/c1-2-3-8-27-25(17-20-9-14-26(31-19-20)24-7-5-4-6-21(24)18-30)29(36)33(28-15-16-32-34(27)28)22-10-12-23(35)13-11-22/h4-7,9,14-16,19,22-23,35H,2-3,8,10-13,17H2,1H3/t22-,23-. The van der Waals surface area contributed by atoms with Gasteiger partial charge in [0.05, 0.1) is 35.3 Å². The van der Waals surface area contributed by atoms with E-state index in [1.54, 1.807) is 18.5 Å². The van der Waals surface area contributed by atoms with Crippen LogP contribution in [-0.4, -0.2) is 30.4 Å². The Bertz CT molecular complexity index is 1450. The van der Waals surface area contributed by atoms with Gasteiger partial charge >= 0.3 is 0 Å². The van der Waals surface area contributed by atoms with Crippen LogP contribution in [0.5, 0.6) is 0 Å². The van der Waals surface area contributed by atoms with E-state index in [9.17, 15) is 15.2 Å². The third-order valence-electron chi connectivity index (χ3n) is 7.28. The maximum absolute atomic E-state index is 14.0. The largest absolute Gasteiger partial charge is 0.393 e. The lowest BCUT2D eigenvalue weighted by Crippen LogP contribution is -2.34. The Hall–Kier alpha value is -3.76. The zero-order valence-corrected chi connectivity index (χ0v) is 20.6. The molecule has 7 heteroatoms. The molecule has 5 rings (SSSR count). The molecule has 0 bridgehead atoms. The van der Waals surface area contributed by atoms with Crippen molar-refractivity contribution in [2.24, 2.45) is 0 Å². The van der Waals surface area contributed by atoms with Gasteiger partial charge < -0.3 is 5.11 Å². The Labute approximate surface area is 210 Å². The molecular formula is C29H31N5O2. The second kappa shape index (κ2) is 10.5. The first kappa shape index (κ1) is 24.0. The molecule has 36 heavy (non-hydrogen) atoms. The van der Waals surface area contributed by atoms with Crippen LogP contribution in [-0.2, 0) is 12.8 Å². The maximum Gasteiger partial charge on any atom is 0.257 e. The minimum atomic E-state index is -0.281. The molecule has 1 fully saturated rings. The van der Waals surface area contributed by atoms with Crippen molar-refractivity contribution in [3.63, 3.8) is 0 Å². The van der Waals surface area contributed by atoms with Gasteiger partial charge in [0, 0.05) is 35.9 Å². The lowest BCUT2D eigenvalue weighted by molar-refractivity contribution is 0.110. The Morgan fingerprint density at radius 3 is 2.64 bits per heavy atom. The van der Waals surface area contributed by atoms with E-state index in [4.69, 9.17) is 0 Å². The first-order chi connectivity index (χ1) is 17.6. The summed E-state index contributed by atoms with van der Waals surface area (Å²) in [7, 11) is 0. The molecule has 1 aromatic carbocycles. The lowest BCUT2D eigenvalue weighted by atomic mass is 9.92. The molecule has 0 radical (unpaired) electrons. The van der Waals surface area contributed by atoms with E-state index in [0.717, 1.165) is 65.8 Å². The molecule has 1 aliphatic rings.